The summed E-state index contributed by atoms with van der Waals surface area (Å²) in [5, 5.41) is 9.30. The number of hydrogen-bond donors (Lipinski definition) is 1. The molecular formula is C17H16ClNO3. The van der Waals surface area contributed by atoms with Crippen molar-refractivity contribution in [3.8, 4) is 11.5 Å². The summed E-state index contributed by atoms with van der Waals surface area (Å²) in [5.74, 6) is 0.292. The number of aryl methyl sites for hydroxylation is 1. The Morgan fingerprint density at radius 1 is 1.18 bits per heavy atom. The molecule has 0 saturated carbocycles. The van der Waals surface area contributed by atoms with Gasteiger partial charge < -0.3 is 14.7 Å². The Morgan fingerprint density at radius 3 is 2.45 bits per heavy atom. The van der Waals surface area contributed by atoms with Crippen LogP contribution in [0.5, 0.6) is 11.5 Å². The second-order valence-corrected chi connectivity index (χ2v) is 5.79. The minimum atomic E-state index is -0.630. The zero-order chi connectivity index (χ0) is 15.9. The zero-order valence-electron chi connectivity index (χ0n) is 12.3. The molecule has 1 aliphatic heterocycles. The van der Waals surface area contributed by atoms with E-state index in [0.717, 1.165) is 16.8 Å². The van der Waals surface area contributed by atoms with E-state index >= 15 is 0 Å². The Bertz CT molecular complexity index is 714. The van der Waals surface area contributed by atoms with E-state index in [2.05, 4.69) is 0 Å². The summed E-state index contributed by atoms with van der Waals surface area (Å²) in [5.41, 5.74) is 2.70. The van der Waals surface area contributed by atoms with Crippen molar-refractivity contribution in [1.82, 2.24) is 0 Å². The second-order valence-electron chi connectivity index (χ2n) is 5.32. The highest BCUT2D eigenvalue weighted by Gasteiger charge is 2.48. The first-order chi connectivity index (χ1) is 10.5. The van der Waals surface area contributed by atoms with E-state index < -0.39 is 5.38 Å². The number of nitrogens with zero attached hydrogens (tertiary/aromatic N) is 1. The van der Waals surface area contributed by atoms with Gasteiger partial charge in [-0.2, -0.15) is 0 Å². The maximum absolute atomic E-state index is 12.1. The third-order valence-electron chi connectivity index (χ3n) is 3.89. The van der Waals surface area contributed by atoms with Crippen LogP contribution < -0.4 is 9.64 Å². The predicted molar refractivity (Wildman–Crippen MR) is 85.7 cm³/mol. The van der Waals surface area contributed by atoms with Gasteiger partial charge in [0.15, 0.2) is 11.5 Å². The fraction of sp³-hybridized carbons (Fsp3) is 0.235. The van der Waals surface area contributed by atoms with Crippen LogP contribution in [0.25, 0.3) is 0 Å². The Balaban J connectivity index is 1.96. The van der Waals surface area contributed by atoms with Gasteiger partial charge in [0, 0.05) is 5.69 Å². The fourth-order valence-corrected chi connectivity index (χ4v) is 3.02. The Kier molecular flexibility index (Phi) is 3.71. The SMILES string of the molecule is COc1ccc(C2C(Cl)C(=O)N2c2ccc(C)cc2)cc1O. The summed E-state index contributed by atoms with van der Waals surface area (Å²) in [6.07, 6.45) is 0. The van der Waals surface area contributed by atoms with Crippen LogP contribution in [0.1, 0.15) is 17.2 Å². The summed E-state index contributed by atoms with van der Waals surface area (Å²) in [6, 6.07) is 12.5. The fourth-order valence-electron chi connectivity index (χ4n) is 2.66. The first-order valence-corrected chi connectivity index (χ1v) is 7.37. The molecule has 1 heterocycles. The molecule has 1 fully saturated rings. The van der Waals surface area contributed by atoms with Crippen LogP contribution in [0.4, 0.5) is 5.69 Å². The van der Waals surface area contributed by atoms with E-state index in [4.69, 9.17) is 16.3 Å². The molecule has 2 aromatic carbocycles. The molecule has 1 N–H and O–H groups in total. The third kappa shape index (κ3) is 2.29. The van der Waals surface area contributed by atoms with Gasteiger partial charge in [0.05, 0.1) is 13.2 Å². The van der Waals surface area contributed by atoms with Crippen molar-refractivity contribution in [3.05, 3.63) is 53.6 Å². The lowest BCUT2D eigenvalue weighted by atomic mass is 9.92. The number of carbonyl (C=O) groups excluding carboxylic acids is 1. The third-order valence-corrected chi connectivity index (χ3v) is 4.31. The molecule has 1 amide bonds. The van der Waals surface area contributed by atoms with Crippen LogP contribution >= 0.6 is 11.6 Å². The lowest BCUT2D eigenvalue weighted by Crippen LogP contribution is -2.56. The molecule has 3 rings (SSSR count). The van der Waals surface area contributed by atoms with Gasteiger partial charge in [0.25, 0.3) is 0 Å². The number of hydrogen-bond acceptors (Lipinski definition) is 3. The van der Waals surface area contributed by atoms with Crippen LogP contribution in [-0.2, 0) is 4.79 Å². The van der Waals surface area contributed by atoms with Crippen molar-refractivity contribution in [2.24, 2.45) is 0 Å². The van der Waals surface area contributed by atoms with Crippen LogP contribution in [0, 0.1) is 6.92 Å². The molecule has 0 aliphatic carbocycles. The normalized spacial score (nSPS) is 20.7. The van der Waals surface area contributed by atoms with Gasteiger partial charge in [-0.05, 0) is 36.8 Å². The average molecular weight is 318 g/mol. The Hall–Kier alpha value is -2.20. The molecule has 0 spiro atoms. The molecule has 0 radical (unpaired) electrons. The zero-order valence-corrected chi connectivity index (χ0v) is 13.0. The number of phenolic OH excluding ortho intramolecular Hbond substituents is 1. The van der Waals surface area contributed by atoms with Crippen LogP contribution in [-0.4, -0.2) is 23.5 Å². The van der Waals surface area contributed by atoms with Crippen LogP contribution in [0.2, 0.25) is 0 Å². The van der Waals surface area contributed by atoms with E-state index in [1.165, 1.54) is 7.11 Å². The Labute approximate surface area is 133 Å². The molecule has 2 aromatic rings. The monoisotopic (exact) mass is 317 g/mol. The average Bonchev–Trinajstić information content (AvgIpc) is 2.52. The van der Waals surface area contributed by atoms with Gasteiger partial charge >= 0.3 is 0 Å². The molecule has 5 heteroatoms. The number of carbonyl (C=O) groups is 1. The summed E-state index contributed by atoms with van der Waals surface area (Å²) >= 11 is 6.20. The number of ether oxygens (including phenoxy) is 1. The maximum Gasteiger partial charge on any atom is 0.248 e. The number of methoxy groups -OCH3 is 1. The van der Waals surface area contributed by atoms with Gasteiger partial charge in [-0.1, -0.05) is 23.8 Å². The van der Waals surface area contributed by atoms with E-state index in [0.29, 0.717) is 5.75 Å². The molecular weight excluding hydrogens is 302 g/mol. The van der Waals surface area contributed by atoms with Gasteiger partial charge in [0.1, 0.15) is 5.38 Å². The summed E-state index contributed by atoms with van der Waals surface area (Å²) < 4.78 is 5.04. The number of alkyl halides is 1. The first kappa shape index (κ1) is 14.7. The van der Waals surface area contributed by atoms with Crippen LogP contribution in [0.15, 0.2) is 42.5 Å². The highest BCUT2D eigenvalue weighted by molar-refractivity contribution is 6.37. The molecule has 114 valence electrons. The van der Waals surface area contributed by atoms with Crippen molar-refractivity contribution in [2.75, 3.05) is 12.0 Å². The predicted octanol–water partition coefficient (Wildman–Crippen LogP) is 3.40. The quantitative estimate of drug-likeness (QED) is 0.697. The molecule has 2 atom stereocenters. The largest absolute Gasteiger partial charge is 0.504 e. The Morgan fingerprint density at radius 2 is 1.86 bits per heavy atom. The van der Waals surface area contributed by atoms with E-state index in [1.807, 2.05) is 37.3 Å². The topological polar surface area (TPSA) is 49.8 Å². The van der Waals surface area contributed by atoms with Crippen LogP contribution in [0.3, 0.4) is 0 Å². The molecule has 22 heavy (non-hydrogen) atoms. The number of anilines is 1. The molecule has 1 saturated heterocycles. The summed E-state index contributed by atoms with van der Waals surface area (Å²) in [6.45, 7) is 1.99. The molecule has 2 unspecified atom stereocenters. The van der Waals surface area contributed by atoms with Crippen molar-refractivity contribution < 1.29 is 14.6 Å². The van der Waals surface area contributed by atoms with Crippen molar-refractivity contribution in [2.45, 2.75) is 18.3 Å². The highest BCUT2D eigenvalue weighted by Crippen LogP contribution is 2.43. The minimum absolute atomic E-state index is 0.0343. The second kappa shape index (κ2) is 5.54. The first-order valence-electron chi connectivity index (χ1n) is 6.93. The summed E-state index contributed by atoms with van der Waals surface area (Å²) in [4.78, 5) is 13.8. The smallest absolute Gasteiger partial charge is 0.248 e. The minimum Gasteiger partial charge on any atom is -0.504 e. The van der Waals surface area contributed by atoms with E-state index in [9.17, 15) is 9.90 Å². The van der Waals surface area contributed by atoms with Gasteiger partial charge in [0.2, 0.25) is 5.91 Å². The van der Waals surface area contributed by atoms with Crippen molar-refractivity contribution in [3.63, 3.8) is 0 Å². The number of halogens is 1. The lowest BCUT2D eigenvalue weighted by Gasteiger charge is -2.44. The van der Waals surface area contributed by atoms with Crippen molar-refractivity contribution in [1.29, 1.82) is 0 Å². The lowest BCUT2D eigenvalue weighted by molar-refractivity contribution is -0.123. The van der Waals surface area contributed by atoms with Gasteiger partial charge in [-0.3, -0.25) is 4.79 Å². The number of amides is 1. The number of β-lactam (4-membered cyclic amide) rings is 1. The summed E-state index contributed by atoms with van der Waals surface area (Å²) in [7, 11) is 1.49. The molecule has 1 aliphatic rings. The maximum atomic E-state index is 12.1. The number of phenols is 1. The number of aromatic hydroxyl groups is 1. The van der Waals surface area contributed by atoms with Crippen molar-refractivity contribution >= 4 is 23.2 Å². The number of benzene rings is 2. The van der Waals surface area contributed by atoms with Gasteiger partial charge in [-0.25, -0.2) is 0 Å². The highest BCUT2D eigenvalue weighted by atomic mass is 35.5. The standard InChI is InChI=1S/C17H16ClNO3/c1-10-3-6-12(7-4-10)19-16(15(18)17(19)21)11-5-8-14(22-2)13(20)9-11/h3-9,15-16,20H,1-2H3. The molecule has 4 nitrogen and oxygen atoms in total. The molecule has 0 bridgehead atoms. The van der Waals surface area contributed by atoms with E-state index in [1.54, 1.807) is 17.0 Å². The van der Waals surface area contributed by atoms with E-state index in [-0.39, 0.29) is 17.7 Å². The number of rotatable bonds is 3. The molecule has 0 aromatic heterocycles. The van der Waals surface area contributed by atoms with Gasteiger partial charge in [-0.15, -0.1) is 11.6 Å².